The van der Waals surface area contributed by atoms with Gasteiger partial charge in [0.05, 0.1) is 19.0 Å². The molecule has 1 unspecified atom stereocenters. The highest BCUT2D eigenvalue weighted by Gasteiger charge is 2.17. The molecule has 34 heavy (non-hydrogen) atoms. The van der Waals surface area contributed by atoms with Crippen LogP contribution in [0.4, 0.5) is 23.1 Å². The summed E-state index contributed by atoms with van der Waals surface area (Å²) in [4.78, 5) is 8.81. The molecule has 1 saturated heterocycles. The number of halogens is 1. The molecule has 0 radical (unpaired) electrons. The van der Waals surface area contributed by atoms with E-state index in [0.29, 0.717) is 34.1 Å². The average molecular weight is 502 g/mol. The number of piperidine rings is 1. The topological polar surface area (TPSA) is 123 Å². The van der Waals surface area contributed by atoms with E-state index < -0.39 is 11.3 Å². The van der Waals surface area contributed by atoms with Crippen molar-refractivity contribution in [3.63, 3.8) is 0 Å². The van der Waals surface area contributed by atoms with Crippen molar-refractivity contribution in [3.05, 3.63) is 64.8 Å². The van der Waals surface area contributed by atoms with Crippen LogP contribution in [0, 0.1) is 0 Å². The lowest BCUT2D eigenvalue weighted by molar-refractivity contribution is 0.413. The van der Waals surface area contributed by atoms with Gasteiger partial charge in [0, 0.05) is 23.5 Å². The summed E-state index contributed by atoms with van der Waals surface area (Å²) in [7, 11) is 1.64. The van der Waals surface area contributed by atoms with Gasteiger partial charge < -0.3 is 25.2 Å². The number of rotatable bonds is 9. The summed E-state index contributed by atoms with van der Waals surface area (Å²) in [5, 5.41) is 10.1. The standard InChI is InChI=1S/C23H27ClN6O3S/c1-33-21-12-16(15-8-10-25-11-9-15)6-7-20(21)29-23-26-14-18(24)22(30-23)28-19-5-3-2-4-17(19)13-27-34(31)32/h2-7,12,14-15,25,27H,8-11,13H2,1H3,(H,31,32)(H2,26,28,29,30)/p-1. The van der Waals surface area contributed by atoms with Crippen molar-refractivity contribution in [3.8, 4) is 5.75 Å². The fourth-order valence-corrected chi connectivity index (χ4v) is 4.33. The summed E-state index contributed by atoms with van der Waals surface area (Å²) in [5.74, 6) is 1.96. The highest BCUT2D eigenvalue weighted by molar-refractivity contribution is 7.77. The number of para-hydroxylation sites is 1. The highest BCUT2D eigenvalue weighted by Crippen LogP contribution is 2.34. The fraction of sp³-hybridized carbons (Fsp3) is 0.304. The molecule has 3 aromatic rings. The van der Waals surface area contributed by atoms with E-state index >= 15 is 0 Å². The quantitative estimate of drug-likeness (QED) is 0.325. The van der Waals surface area contributed by atoms with Crippen LogP contribution in [0.3, 0.4) is 0 Å². The highest BCUT2D eigenvalue weighted by atomic mass is 35.5. The van der Waals surface area contributed by atoms with E-state index in [2.05, 4.69) is 42.8 Å². The van der Waals surface area contributed by atoms with Crippen LogP contribution in [0.5, 0.6) is 5.75 Å². The maximum absolute atomic E-state index is 10.9. The molecule has 180 valence electrons. The Morgan fingerprint density at radius 2 is 1.97 bits per heavy atom. The molecular formula is C23H26ClN6O3S-. The minimum absolute atomic E-state index is 0.133. The van der Waals surface area contributed by atoms with Gasteiger partial charge in [0.2, 0.25) is 5.95 Å². The Hall–Kier alpha value is -2.76. The Morgan fingerprint density at radius 3 is 2.74 bits per heavy atom. The van der Waals surface area contributed by atoms with Crippen LogP contribution in [0.25, 0.3) is 0 Å². The van der Waals surface area contributed by atoms with E-state index in [1.807, 2.05) is 30.3 Å². The van der Waals surface area contributed by atoms with Crippen molar-refractivity contribution < 1.29 is 13.5 Å². The van der Waals surface area contributed by atoms with Gasteiger partial charge in [0.15, 0.2) is 5.82 Å². The van der Waals surface area contributed by atoms with Crippen molar-refractivity contribution in [2.24, 2.45) is 0 Å². The number of nitrogens with zero attached hydrogens (tertiary/aromatic N) is 2. The number of nitrogens with one attached hydrogen (secondary N) is 4. The second-order valence-electron chi connectivity index (χ2n) is 7.84. The lowest BCUT2D eigenvalue weighted by Gasteiger charge is -2.24. The van der Waals surface area contributed by atoms with Gasteiger partial charge in [-0.1, -0.05) is 35.9 Å². The smallest absolute Gasteiger partial charge is 0.229 e. The maximum Gasteiger partial charge on any atom is 0.229 e. The number of hydrogen-bond donors (Lipinski definition) is 4. The SMILES string of the molecule is COc1cc(C2CCNCC2)ccc1Nc1ncc(Cl)c(Nc2ccccc2CNS(=O)[O-])n1. The van der Waals surface area contributed by atoms with Crippen LogP contribution in [-0.4, -0.2) is 38.9 Å². The first-order chi connectivity index (χ1) is 16.5. The first kappa shape index (κ1) is 24.4. The molecule has 4 rings (SSSR count). The minimum atomic E-state index is -2.36. The van der Waals surface area contributed by atoms with Crippen LogP contribution in [0.15, 0.2) is 48.7 Å². The third kappa shape index (κ3) is 6.22. The molecule has 1 fully saturated rings. The molecule has 1 aliphatic heterocycles. The Morgan fingerprint density at radius 1 is 1.18 bits per heavy atom. The molecule has 0 amide bonds. The Labute approximate surface area is 206 Å². The van der Waals surface area contributed by atoms with Gasteiger partial charge in [-0.3, -0.25) is 4.21 Å². The van der Waals surface area contributed by atoms with Crippen LogP contribution < -0.4 is 25.4 Å². The lowest BCUT2D eigenvalue weighted by atomic mass is 9.90. The third-order valence-electron chi connectivity index (χ3n) is 5.68. The Bertz CT molecular complexity index is 1160. The molecule has 4 N–H and O–H groups in total. The van der Waals surface area contributed by atoms with Crippen molar-refractivity contribution in [1.82, 2.24) is 20.0 Å². The summed E-state index contributed by atoms with van der Waals surface area (Å²) in [6, 6.07) is 13.4. The zero-order chi connectivity index (χ0) is 23.9. The monoisotopic (exact) mass is 501 g/mol. The van der Waals surface area contributed by atoms with Crippen molar-refractivity contribution in [1.29, 1.82) is 0 Å². The second-order valence-corrected chi connectivity index (χ2v) is 9.00. The molecule has 1 aliphatic rings. The first-order valence-corrected chi connectivity index (χ1v) is 12.3. The Balaban J connectivity index is 1.53. The summed E-state index contributed by atoms with van der Waals surface area (Å²) >= 11 is 3.97. The first-order valence-electron chi connectivity index (χ1n) is 10.9. The fourth-order valence-electron chi connectivity index (χ4n) is 3.92. The van der Waals surface area contributed by atoms with E-state index in [1.54, 1.807) is 7.11 Å². The number of ether oxygens (including phenoxy) is 1. The minimum Gasteiger partial charge on any atom is -0.760 e. The third-order valence-corrected chi connectivity index (χ3v) is 6.33. The molecule has 1 atom stereocenters. The molecule has 1 aromatic heterocycles. The largest absolute Gasteiger partial charge is 0.760 e. The van der Waals surface area contributed by atoms with E-state index in [4.69, 9.17) is 16.3 Å². The molecule has 0 saturated carbocycles. The van der Waals surface area contributed by atoms with Crippen LogP contribution in [-0.2, 0) is 17.8 Å². The van der Waals surface area contributed by atoms with E-state index in [0.717, 1.165) is 37.2 Å². The predicted molar refractivity (Wildman–Crippen MR) is 134 cm³/mol. The van der Waals surface area contributed by atoms with Crippen molar-refractivity contribution >= 4 is 46.0 Å². The molecule has 2 heterocycles. The van der Waals surface area contributed by atoms with Gasteiger partial charge >= 0.3 is 0 Å². The summed E-state index contributed by atoms with van der Waals surface area (Å²) in [5.41, 5.74) is 3.42. The molecular weight excluding hydrogens is 476 g/mol. The lowest BCUT2D eigenvalue weighted by Crippen LogP contribution is -2.26. The average Bonchev–Trinajstić information content (AvgIpc) is 2.86. The van der Waals surface area contributed by atoms with Crippen molar-refractivity contribution in [2.45, 2.75) is 25.3 Å². The molecule has 0 spiro atoms. The summed E-state index contributed by atoms with van der Waals surface area (Å²) < 4.78 is 29.8. The van der Waals surface area contributed by atoms with E-state index in [1.165, 1.54) is 11.8 Å². The molecule has 2 aromatic carbocycles. The van der Waals surface area contributed by atoms with Crippen LogP contribution in [0.1, 0.15) is 29.9 Å². The van der Waals surface area contributed by atoms with Crippen LogP contribution >= 0.6 is 11.6 Å². The van der Waals surface area contributed by atoms with Gasteiger partial charge in [-0.2, -0.15) is 4.98 Å². The molecule has 9 nitrogen and oxygen atoms in total. The molecule has 11 heteroatoms. The van der Waals surface area contributed by atoms with E-state index in [-0.39, 0.29) is 6.54 Å². The molecule has 0 aliphatic carbocycles. The molecule has 0 bridgehead atoms. The number of hydrogen-bond acceptors (Lipinski definition) is 8. The number of benzene rings is 2. The van der Waals surface area contributed by atoms with Gasteiger partial charge in [0.25, 0.3) is 0 Å². The van der Waals surface area contributed by atoms with Crippen molar-refractivity contribution in [2.75, 3.05) is 30.8 Å². The van der Waals surface area contributed by atoms with Gasteiger partial charge in [-0.25, -0.2) is 9.71 Å². The normalized spacial score (nSPS) is 15.0. The predicted octanol–water partition coefficient (Wildman–Crippen LogP) is 3.98. The zero-order valence-electron chi connectivity index (χ0n) is 18.6. The number of anilines is 4. The number of aromatic nitrogens is 2. The summed E-state index contributed by atoms with van der Waals surface area (Å²) in [6.45, 7) is 2.18. The maximum atomic E-state index is 10.9. The second kappa shape index (κ2) is 11.6. The van der Waals surface area contributed by atoms with Gasteiger partial charge in [0.1, 0.15) is 10.8 Å². The van der Waals surface area contributed by atoms with Gasteiger partial charge in [-0.05, 0) is 61.2 Å². The zero-order valence-corrected chi connectivity index (χ0v) is 20.2. The number of methoxy groups -OCH3 is 1. The Kier molecular flexibility index (Phi) is 8.30. The van der Waals surface area contributed by atoms with Gasteiger partial charge in [-0.15, -0.1) is 0 Å². The van der Waals surface area contributed by atoms with E-state index in [9.17, 15) is 8.76 Å². The summed E-state index contributed by atoms with van der Waals surface area (Å²) in [6.07, 6.45) is 3.71. The van der Waals surface area contributed by atoms with Crippen LogP contribution in [0.2, 0.25) is 5.02 Å².